The van der Waals surface area contributed by atoms with Crippen LogP contribution in [-0.4, -0.2) is 89.7 Å². The maximum absolute atomic E-state index is 13.7. The first-order chi connectivity index (χ1) is 70.7. The van der Waals surface area contributed by atoms with E-state index in [9.17, 15) is 26.3 Å². The Bertz CT molecular complexity index is 8110. The van der Waals surface area contributed by atoms with E-state index in [-0.39, 0.29) is 34.9 Å². The molecule has 0 amide bonds. The van der Waals surface area contributed by atoms with Crippen LogP contribution in [0, 0.1) is 34.9 Å². The van der Waals surface area contributed by atoms with Crippen molar-refractivity contribution in [2.45, 2.75) is 0 Å². The van der Waals surface area contributed by atoms with Crippen LogP contribution >= 0.6 is 0 Å². The Kier molecular flexibility index (Phi) is 26.3. The minimum Gasteiger partial charge on any atom is -0.208 e. The Labute approximate surface area is 822 Å². The Hall–Kier alpha value is -19.6. The van der Waals surface area contributed by atoms with E-state index in [4.69, 9.17) is 74.8 Å². The molecule has 17 aromatic carbocycles. The van der Waals surface area contributed by atoms with Crippen molar-refractivity contribution in [2.75, 3.05) is 0 Å². The van der Waals surface area contributed by atoms with Gasteiger partial charge in [0.15, 0.2) is 105 Å². The van der Waals surface area contributed by atoms with Gasteiger partial charge in [0.2, 0.25) is 0 Å². The molecule has 0 aliphatic rings. The second-order valence-electron chi connectivity index (χ2n) is 33.0. The highest BCUT2D eigenvalue weighted by Gasteiger charge is 2.23. The zero-order chi connectivity index (χ0) is 97.6. The number of nitrogens with zero attached hydrogens (tertiary/aromatic N) is 18. The maximum Gasteiger partial charge on any atom is 0.164 e. The summed E-state index contributed by atoms with van der Waals surface area (Å²) in [5.74, 6) is 6.55. The molecule has 144 heavy (non-hydrogen) atoms. The molecule has 0 unspecified atom stereocenters. The minimum absolute atomic E-state index is 0.354. The van der Waals surface area contributed by atoms with Crippen molar-refractivity contribution in [3.8, 4) is 227 Å². The van der Waals surface area contributed by atoms with Crippen LogP contribution in [0.25, 0.3) is 227 Å². The van der Waals surface area contributed by atoms with Gasteiger partial charge in [-0.3, -0.25) is 0 Å². The number of benzene rings is 17. The third-order valence-corrected chi connectivity index (χ3v) is 23.2. The van der Waals surface area contributed by atoms with Gasteiger partial charge < -0.3 is 0 Å². The Morgan fingerprint density at radius 2 is 0.181 bits per heavy atom. The molecule has 0 saturated carbocycles. The van der Waals surface area contributed by atoms with Crippen molar-refractivity contribution >= 4 is 0 Å². The maximum atomic E-state index is 13.7. The quantitative estimate of drug-likeness (QED) is 0.0645. The van der Waals surface area contributed by atoms with E-state index in [0.29, 0.717) is 144 Å². The van der Waals surface area contributed by atoms with Gasteiger partial charge in [-0.25, -0.2) is 116 Å². The first-order valence-corrected chi connectivity index (χ1v) is 45.7. The van der Waals surface area contributed by atoms with Crippen LogP contribution in [0.15, 0.2) is 449 Å². The highest BCUT2D eigenvalue weighted by molar-refractivity contribution is 5.80. The van der Waals surface area contributed by atoms with Gasteiger partial charge in [-0.2, -0.15) is 0 Å². The fraction of sp³-hybridized carbons (Fsp3) is 0. The molecule has 0 aliphatic heterocycles. The number of hydrogen-bond acceptors (Lipinski definition) is 18. The van der Waals surface area contributed by atoms with E-state index in [0.717, 1.165) is 83.5 Å². The molecule has 686 valence electrons. The summed E-state index contributed by atoms with van der Waals surface area (Å²) in [6.45, 7) is 0. The number of aromatic nitrogens is 18. The van der Waals surface area contributed by atoms with Crippen molar-refractivity contribution in [1.82, 2.24) is 89.7 Å². The summed E-state index contributed by atoms with van der Waals surface area (Å²) in [7, 11) is 0. The lowest BCUT2D eigenvalue weighted by Crippen LogP contribution is -2.02. The molecule has 0 fully saturated rings. The first-order valence-electron chi connectivity index (χ1n) is 45.7. The van der Waals surface area contributed by atoms with Crippen LogP contribution in [0.1, 0.15) is 0 Å². The smallest absolute Gasteiger partial charge is 0.164 e. The average molecular weight is 1880 g/mol. The molecule has 0 spiro atoms. The third-order valence-electron chi connectivity index (χ3n) is 23.2. The van der Waals surface area contributed by atoms with Crippen molar-refractivity contribution < 1.29 is 26.3 Å². The predicted octanol–water partition coefficient (Wildman–Crippen LogP) is 28.3. The van der Waals surface area contributed by atoms with Crippen LogP contribution in [0.4, 0.5) is 26.3 Å². The summed E-state index contributed by atoms with van der Waals surface area (Å²) in [4.78, 5) is 85.7. The van der Waals surface area contributed by atoms with Crippen LogP contribution in [-0.2, 0) is 0 Å². The summed E-state index contributed by atoms with van der Waals surface area (Å²) in [5, 5.41) is 0. The van der Waals surface area contributed by atoms with Gasteiger partial charge in [-0.1, -0.05) is 291 Å². The van der Waals surface area contributed by atoms with E-state index < -0.39 is 0 Å². The summed E-state index contributed by atoms with van der Waals surface area (Å²) in [6, 6.07) is 134. The van der Waals surface area contributed by atoms with Gasteiger partial charge in [-0.15, -0.1) is 0 Å². The van der Waals surface area contributed by atoms with Crippen LogP contribution in [0.2, 0.25) is 0 Å². The molecular weight excluding hydrogens is 1810 g/mol. The topological polar surface area (TPSA) is 232 Å². The third kappa shape index (κ3) is 21.4. The zero-order valence-electron chi connectivity index (χ0n) is 76.0. The molecule has 0 atom stereocenters. The van der Waals surface area contributed by atoms with E-state index in [2.05, 4.69) is 15.0 Å². The van der Waals surface area contributed by atoms with Crippen molar-refractivity contribution in [2.24, 2.45) is 0 Å². The van der Waals surface area contributed by atoms with Crippen molar-refractivity contribution in [3.05, 3.63) is 484 Å². The first kappa shape index (κ1) is 90.8. The lowest BCUT2D eigenvalue weighted by molar-refractivity contribution is 0.627. The molecule has 0 aliphatic carbocycles. The minimum atomic E-state index is -0.364. The molecular formula is C120H74F6N18. The van der Waals surface area contributed by atoms with E-state index in [1.807, 2.05) is 303 Å². The summed E-state index contributed by atoms with van der Waals surface area (Å²) in [5.41, 5.74) is 17.8. The molecule has 23 aromatic rings. The van der Waals surface area contributed by atoms with E-state index in [1.54, 1.807) is 72.8 Å². The highest BCUT2D eigenvalue weighted by atomic mass is 19.1. The standard InChI is InChI=1S/2C42H26F2N6.C36H22F2N6/c43-35-22-18-31(19-23-35)40-48-41(32-20-24-36(44)25-21-32)50-42(49-40)34-13-7-12-33(26-34)27-14-16-30(17-15-27)39-46-37(28-8-3-1-4-9-28)45-38(47-39)29-10-5-2-6-11-29;43-35-23-19-33(20-24-35)41-48-40(49-42(50-41)34-21-25-36(44)26-22-34)32-17-13-28(14-18-32)27-11-15-31(16-12-27)39-46-37(29-7-3-1-4-8-29)45-38(47-39)30-9-5-2-6-10-30;37-29-18-14-25(15-19-29)33-40-34(26-16-20-30(38)21-17-26)44-36(43-33)28-13-7-12-27(22-28)35-41-31(23-8-3-1-4-9-23)39-32(42-35)24-10-5-2-6-11-24/h2*1-26H;1-22H. The lowest BCUT2D eigenvalue weighted by atomic mass is 10.0. The number of hydrogen-bond donors (Lipinski definition) is 0. The molecule has 0 radical (unpaired) electrons. The number of halogens is 6. The largest absolute Gasteiger partial charge is 0.208 e. The average Bonchev–Trinajstić information content (AvgIpc) is 0.785. The van der Waals surface area contributed by atoms with Crippen LogP contribution < -0.4 is 0 Å². The second kappa shape index (κ2) is 41.8. The summed E-state index contributed by atoms with van der Waals surface area (Å²) >= 11 is 0. The Morgan fingerprint density at radius 3 is 0.333 bits per heavy atom. The van der Waals surface area contributed by atoms with Crippen LogP contribution in [0.3, 0.4) is 0 Å². The Morgan fingerprint density at radius 1 is 0.0833 bits per heavy atom. The molecule has 18 nitrogen and oxygen atoms in total. The van der Waals surface area contributed by atoms with Gasteiger partial charge >= 0.3 is 0 Å². The number of rotatable bonds is 20. The monoisotopic (exact) mass is 1880 g/mol. The van der Waals surface area contributed by atoms with Crippen LogP contribution in [0.5, 0.6) is 0 Å². The van der Waals surface area contributed by atoms with E-state index in [1.165, 1.54) is 72.8 Å². The van der Waals surface area contributed by atoms with E-state index >= 15 is 0 Å². The van der Waals surface area contributed by atoms with Gasteiger partial charge in [0.05, 0.1) is 0 Å². The summed E-state index contributed by atoms with van der Waals surface area (Å²) < 4.78 is 82.2. The lowest BCUT2D eigenvalue weighted by Gasteiger charge is -2.10. The van der Waals surface area contributed by atoms with Gasteiger partial charge in [0.25, 0.3) is 0 Å². The predicted molar refractivity (Wildman–Crippen MR) is 548 cm³/mol. The second-order valence-corrected chi connectivity index (χ2v) is 33.0. The normalized spacial score (nSPS) is 11.0. The molecule has 23 rings (SSSR count). The highest BCUT2D eigenvalue weighted by Crippen LogP contribution is 2.38. The molecule has 24 heteroatoms. The van der Waals surface area contributed by atoms with Gasteiger partial charge in [-0.05, 0) is 180 Å². The fourth-order valence-electron chi connectivity index (χ4n) is 15.8. The molecule has 0 saturated heterocycles. The van der Waals surface area contributed by atoms with Crippen molar-refractivity contribution in [1.29, 1.82) is 0 Å². The molecule has 0 N–H and O–H groups in total. The van der Waals surface area contributed by atoms with Gasteiger partial charge in [0, 0.05) is 100 Å². The Balaban J connectivity index is 0.000000128. The molecule has 6 heterocycles. The molecule has 6 aromatic heterocycles. The van der Waals surface area contributed by atoms with Crippen molar-refractivity contribution in [3.63, 3.8) is 0 Å². The fourth-order valence-corrected chi connectivity index (χ4v) is 15.8. The SMILES string of the molecule is Fc1ccc(-c2nc(-c3ccc(F)cc3)nc(-c3ccc(-c4ccc(-c5nc(-c6ccccc6)nc(-c6ccccc6)n5)cc4)cc3)n2)cc1.Fc1ccc(-c2nc(-c3ccc(F)cc3)nc(-c3cccc(-c4ccc(-c5nc(-c6ccccc6)nc(-c6ccccc6)n5)cc4)c3)n2)cc1.Fc1ccc(-c2nc(-c3ccc(F)cc3)nc(-c3cccc(-c4nc(-c5ccccc5)nc(-c5ccccc5)n4)c3)n2)cc1. The zero-order valence-corrected chi connectivity index (χ0v) is 76.0. The van der Waals surface area contributed by atoms with Gasteiger partial charge in [0.1, 0.15) is 34.9 Å². The molecule has 0 bridgehead atoms. The summed E-state index contributed by atoms with van der Waals surface area (Å²) in [6.07, 6.45) is 0.